The summed E-state index contributed by atoms with van der Waals surface area (Å²) in [6.07, 6.45) is 8.73. The van der Waals surface area contributed by atoms with Gasteiger partial charge in [-0.3, -0.25) is 4.68 Å². The summed E-state index contributed by atoms with van der Waals surface area (Å²) in [6, 6.07) is 0.487. The van der Waals surface area contributed by atoms with Crippen LogP contribution in [0.15, 0.2) is 12.4 Å². The maximum Gasteiger partial charge on any atom is 0.127 e. The van der Waals surface area contributed by atoms with Crippen LogP contribution in [0.3, 0.4) is 0 Å². The molecular formula is C14H20N4S. The predicted octanol–water partition coefficient (Wildman–Crippen LogP) is 3.01. The molecule has 1 aliphatic carbocycles. The first kappa shape index (κ1) is 12.8. The van der Waals surface area contributed by atoms with Crippen molar-refractivity contribution < 1.29 is 0 Å². The van der Waals surface area contributed by atoms with Gasteiger partial charge in [0.1, 0.15) is 5.01 Å². The molecule has 0 saturated heterocycles. The third-order valence-electron chi connectivity index (χ3n) is 3.63. The maximum absolute atomic E-state index is 4.82. The van der Waals surface area contributed by atoms with Crippen molar-refractivity contribution in [2.24, 2.45) is 0 Å². The third-order valence-corrected chi connectivity index (χ3v) is 4.89. The second kappa shape index (κ2) is 5.43. The number of nitrogens with one attached hydrogen (secondary N) is 1. The molecule has 1 N–H and O–H groups in total. The van der Waals surface area contributed by atoms with Gasteiger partial charge in [0.05, 0.1) is 11.9 Å². The minimum Gasteiger partial charge on any atom is -0.312 e. The lowest BCUT2D eigenvalue weighted by atomic mass is 9.98. The molecule has 0 saturated carbocycles. The second-order valence-electron chi connectivity index (χ2n) is 5.06. The van der Waals surface area contributed by atoms with Crippen molar-refractivity contribution in [2.75, 3.05) is 7.05 Å². The van der Waals surface area contributed by atoms with Crippen LogP contribution in [0.2, 0.25) is 0 Å². The molecule has 0 aromatic carbocycles. The molecule has 2 aromatic rings. The molecule has 1 unspecified atom stereocenters. The Balaban J connectivity index is 1.91. The molecule has 4 nitrogen and oxygen atoms in total. The van der Waals surface area contributed by atoms with Crippen LogP contribution in [0.25, 0.3) is 10.6 Å². The maximum atomic E-state index is 4.82. The lowest BCUT2D eigenvalue weighted by Gasteiger charge is -2.19. The van der Waals surface area contributed by atoms with Gasteiger partial charge in [0, 0.05) is 29.2 Å². The summed E-state index contributed by atoms with van der Waals surface area (Å²) in [6.45, 7) is 3.14. The predicted molar refractivity (Wildman–Crippen MR) is 78.4 cm³/mol. The number of fused-ring (bicyclic) bond motifs is 1. The van der Waals surface area contributed by atoms with E-state index >= 15 is 0 Å². The highest BCUT2D eigenvalue weighted by Gasteiger charge is 2.23. The molecule has 5 heteroatoms. The number of nitrogens with zero attached hydrogens (tertiary/aromatic N) is 3. The van der Waals surface area contributed by atoms with E-state index in [9.17, 15) is 0 Å². The van der Waals surface area contributed by atoms with Crippen molar-refractivity contribution in [3.05, 3.63) is 23.0 Å². The van der Waals surface area contributed by atoms with Crippen LogP contribution < -0.4 is 5.32 Å². The molecule has 1 atom stereocenters. The van der Waals surface area contributed by atoms with Crippen LogP contribution in [0.5, 0.6) is 0 Å². The standard InChI is InChI=1S/C14H20N4S/c1-3-7-18-9-10(8-16-18)14-17-12-6-4-5-11(15-2)13(12)19-14/h8-9,11,15H,3-7H2,1-2H3. The summed E-state index contributed by atoms with van der Waals surface area (Å²) in [5.41, 5.74) is 2.44. The van der Waals surface area contributed by atoms with Crippen LogP contribution in [0.1, 0.15) is 42.8 Å². The third kappa shape index (κ3) is 2.44. The number of hydrogen-bond donors (Lipinski definition) is 1. The van der Waals surface area contributed by atoms with Gasteiger partial charge < -0.3 is 5.32 Å². The fraction of sp³-hybridized carbons (Fsp3) is 0.571. The summed E-state index contributed by atoms with van der Waals surface area (Å²) in [5.74, 6) is 0. The van der Waals surface area contributed by atoms with E-state index in [2.05, 4.69) is 23.5 Å². The van der Waals surface area contributed by atoms with Gasteiger partial charge in [-0.25, -0.2) is 4.98 Å². The molecule has 0 fully saturated rings. The molecule has 2 aromatic heterocycles. The minimum absolute atomic E-state index is 0.487. The highest BCUT2D eigenvalue weighted by Crippen LogP contribution is 2.37. The molecule has 0 radical (unpaired) electrons. The Labute approximate surface area is 117 Å². The lowest BCUT2D eigenvalue weighted by molar-refractivity contribution is 0.501. The van der Waals surface area contributed by atoms with Crippen LogP contribution in [0, 0.1) is 0 Å². The average Bonchev–Trinajstić information content (AvgIpc) is 3.04. The normalized spacial score (nSPS) is 18.5. The first-order valence-corrected chi connectivity index (χ1v) is 7.83. The van der Waals surface area contributed by atoms with Crippen LogP contribution in [0.4, 0.5) is 0 Å². The summed E-state index contributed by atoms with van der Waals surface area (Å²) in [7, 11) is 2.04. The van der Waals surface area contributed by atoms with E-state index in [4.69, 9.17) is 4.98 Å². The van der Waals surface area contributed by atoms with E-state index in [1.165, 1.54) is 23.4 Å². The van der Waals surface area contributed by atoms with Crippen molar-refractivity contribution in [3.63, 3.8) is 0 Å². The van der Waals surface area contributed by atoms with E-state index in [-0.39, 0.29) is 0 Å². The summed E-state index contributed by atoms with van der Waals surface area (Å²) < 4.78 is 2.01. The van der Waals surface area contributed by atoms with Crippen LogP contribution in [-0.2, 0) is 13.0 Å². The van der Waals surface area contributed by atoms with Gasteiger partial charge in [-0.1, -0.05) is 6.92 Å². The Morgan fingerprint density at radius 2 is 2.42 bits per heavy atom. The highest BCUT2D eigenvalue weighted by molar-refractivity contribution is 7.15. The van der Waals surface area contributed by atoms with Crippen molar-refractivity contribution in [1.29, 1.82) is 0 Å². The zero-order chi connectivity index (χ0) is 13.2. The number of aromatic nitrogens is 3. The molecule has 19 heavy (non-hydrogen) atoms. The molecule has 0 amide bonds. The summed E-state index contributed by atoms with van der Waals surface area (Å²) in [5, 5.41) is 8.92. The Morgan fingerprint density at radius 1 is 1.53 bits per heavy atom. The molecule has 0 spiro atoms. The zero-order valence-corrected chi connectivity index (χ0v) is 12.3. The average molecular weight is 276 g/mol. The topological polar surface area (TPSA) is 42.7 Å². The van der Waals surface area contributed by atoms with Gasteiger partial charge in [-0.05, 0) is 32.7 Å². The Hall–Kier alpha value is -1.20. The quantitative estimate of drug-likeness (QED) is 0.933. The minimum atomic E-state index is 0.487. The monoisotopic (exact) mass is 276 g/mol. The highest BCUT2D eigenvalue weighted by atomic mass is 32.1. The van der Waals surface area contributed by atoms with Crippen molar-refractivity contribution in [2.45, 2.75) is 45.2 Å². The number of rotatable bonds is 4. The van der Waals surface area contributed by atoms with Gasteiger partial charge in [-0.15, -0.1) is 11.3 Å². The first-order valence-electron chi connectivity index (χ1n) is 7.01. The molecule has 0 aliphatic heterocycles. The lowest BCUT2D eigenvalue weighted by Crippen LogP contribution is -2.19. The van der Waals surface area contributed by atoms with Crippen molar-refractivity contribution in [1.82, 2.24) is 20.1 Å². The summed E-state index contributed by atoms with van der Waals surface area (Å²) >= 11 is 1.83. The second-order valence-corrected chi connectivity index (χ2v) is 6.09. The number of thiazole rings is 1. The van der Waals surface area contributed by atoms with E-state index in [0.29, 0.717) is 6.04 Å². The van der Waals surface area contributed by atoms with Gasteiger partial charge >= 0.3 is 0 Å². The van der Waals surface area contributed by atoms with E-state index in [1.807, 2.05) is 29.3 Å². The van der Waals surface area contributed by atoms with E-state index < -0.39 is 0 Å². The summed E-state index contributed by atoms with van der Waals surface area (Å²) in [4.78, 5) is 6.24. The number of aryl methyl sites for hydroxylation is 2. The van der Waals surface area contributed by atoms with E-state index in [1.54, 1.807) is 0 Å². The Morgan fingerprint density at radius 3 is 3.21 bits per heavy atom. The fourth-order valence-corrected chi connectivity index (χ4v) is 3.87. The Kier molecular flexibility index (Phi) is 3.66. The Bertz CT molecular complexity index is 558. The largest absolute Gasteiger partial charge is 0.312 e. The van der Waals surface area contributed by atoms with E-state index in [0.717, 1.165) is 30.0 Å². The SMILES string of the molecule is CCCn1cc(-c2nc3c(s2)C(NC)CCC3)cn1. The van der Waals surface area contributed by atoms with Gasteiger partial charge in [0.15, 0.2) is 0 Å². The number of hydrogen-bond acceptors (Lipinski definition) is 4. The van der Waals surface area contributed by atoms with Gasteiger partial charge in [0.25, 0.3) is 0 Å². The molecule has 3 rings (SSSR count). The smallest absolute Gasteiger partial charge is 0.127 e. The zero-order valence-electron chi connectivity index (χ0n) is 11.5. The molecule has 2 heterocycles. The molecule has 102 valence electrons. The van der Waals surface area contributed by atoms with Crippen LogP contribution >= 0.6 is 11.3 Å². The van der Waals surface area contributed by atoms with Crippen molar-refractivity contribution >= 4 is 11.3 Å². The molecule has 0 bridgehead atoms. The molecular weight excluding hydrogens is 256 g/mol. The molecule has 1 aliphatic rings. The van der Waals surface area contributed by atoms with Gasteiger partial charge in [0.2, 0.25) is 0 Å². The fourth-order valence-electron chi connectivity index (χ4n) is 2.64. The van der Waals surface area contributed by atoms with Crippen LogP contribution in [-0.4, -0.2) is 21.8 Å². The first-order chi connectivity index (χ1) is 9.31. The van der Waals surface area contributed by atoms with Crippen molar-refractivity contribution in [3.8, 4) is 10.6 Å². The van der Waals surface area contributed by atoms with Gasteiger partial charge in [-0.2, -0.15) is 5.10 Å².